The molecule has 0 saturated heterocycles. The van der Waals surface area contributed by atoms with Gasteiger partial charge in [0.15, 0.2) is 11.0 Å². The second kappa shape index (κ2) is 5.00. The van der Waals surface area contributed by atoms with Crippen molar-refractivity contribution in [1.29, 1.82) is 0 Å². The number of oxime groups is 1. The molecule has 0 spiro atoms. The lowest BCUT2D eigenvalue weighted by Gasteiger charge is -2.02. The van der Waals surface area contributed by atoms with Gasteiger partial charge < -0.3 is 10.9 Å². The number of nitrogens with two attached hydrogens (primary N) is 1. The summed E-state index contributed by atoms with van der Waals surface area (Å²) in [5.74, 6) is 0.648. The molecular formula is C9H11N7OS. The summed E-state index contributed by atoms with van der Waals surface area (Å²) >= 11 is 1.20. The second-order valence-electron chi connectivity index (χ2n) is 3.47. The SMILES string of the molecule is Cc1cc(/C(N)=N/O)nc(Sc2n[nH]c(C)n2)n1. The Morgan fingerprint density at radius 3 is 2.72 bits per heavy atom. The molecule has 0 bridgehead atoms. The molecule has 0 saturated carbocycles. The van der Waals surface area contributed by atoms with E-state index in [0.717, 1.165) is 0 Å². The maximum Gasteiger partial charge on any atom is 0.216 e. The minimum Gasteiger partial charge on any atom is -0.409 e. The number of nitrogens with zero attached hydrogens (tertiary/aromatic N) is 5. The van der Waals surface area contributed by atoms with E-state index < -0.39 is 0 Å². The fourth-order valence-electron chi connectivity index (χ4n) is 1.22. The molecule has 9 heteroatoms. The van der Waals surface area contributed by atoms with Crippen LogP contribution in [-0.2, 0) is 0 Å². The van der Waals surface area contributed by atoms with Crippen molar-refractivity contribution in [3.8, 4) is 0 Å². The normalized spacial score (nSPS) is 11.8. The summed E-state index contributed by atoms with van der Waals surface area (Å²) in [5.41, 5.74) is 6.56. The van der Waals surface area contributed by atoms with Crippen molar-refractivity contribution >= 4 is 17.6 Å². The van der Waals surface area contributed by atoms with Crippen molar-refractivity contribution in [3.63, 3.8) is 0 Å². The number of amidine groups is 1. The van der Waals surface area contributed by atoms with Crippen LogP contribution >= 0.6 is 11.8 Å². The first kappa shape index (κ1) is 12.3. The number of aromatic nitrogens is 5. The lowest BCUT2D eigenvalue weighted by molar-refractivity contribution is 0.318. The molecule has 18 heavy (non-hydrogen) atoms. The molecule has 0 aliphatic carbocycles. The van der Waals surface area contributed by atoms with Crippen molar-refractivity contribution in [2.24, 2.45) is 10.9 Å². The van der Waals surface area contributed by atoms with Crippen LogP contribution in [0.3, 0.4) is 0 Å². The van der Waals surface area contributed by atoms with E-state index in [1.807, 2.05) is 0 Å². The number of nitrogens with one attached hydrogen (secondary N) is 1. The number of aromatic amines is 1. The van der Waals surface area contributed by atoms with Crippen molar-refractivity contribution in [3.05, 3.63) is 23.3 Å². The molecule has 0 aromatic carbocycles. The molecule has 0 fully saturated rings. The molecular weight excluding hydrogens is 254 g/mol. The number of hydrogen-bond acceptors (Lipinski definition) is 7. The average Bonchev–Trinajstić information content (AvgIpc) is 2.73. The topological polar surface area (TPSA) is 126 Å². The number of rotatable bonds is 3. The van der Waals surface area contributed by atoms with Crippen LogP contribution in [0.25, 0.3) is 0 Å². The molecule has 2 rings (SSSR count). The van der Waals surface area contributed by atoms with Crippen LogP contribution in [0, 0.1) is 13.8 Å². The van der Waals surface area contributed by atoms with Crippen LogP contribution in [0.2, 0.25) is 0 Å². The van der Waals surface area contributed by atoms with Gasteiger partial charge in [-0.1, -0.05) is 5.16 Å². The number of aryl methyl sites for hydroxylation is 2. The van der Waals surface area contributed by atoms with E-state index in [1.54, 1.807) is 19.9 Å². The Balaban J connectivity index is 2.31. The van der Waals surface area contributed by atoms with E-state index in [2.05, 4.69) is 30.3 Å². The molecule has 2 heterocycles. The highest BCUT2D eigenvalue weighted by atomic mass is 32.2. The van der Waals surface area contributed by atoms with E-state index >= 15 is 0 Å². The van der Waals surface area contributed by atoms with Crippen molar-refractivity contribution in [2.75, 3.05) is 0 Å². The standard InChI is InChI=1S/C9H11N7OS/c1-4-3-6(7(10)16-17)13-8(11-4)18-9-12-5(2)14-15-9/h3,17H,1-2H3,(H2,10,16)(H,12,14,15). The van der Waals surface area contributed by atoms with Crippen LogP contribution in [0.15, 0.2) is 21.5 Å². The second-order valence-corrected chi connectivity index (χ2v) is 4.40. The van der Waals surface area contributed by atoms with Crippen molar-refractivity contribution < 1.29 is 5.21 Å². The lowest BCUT2D eigenvalue weighted by Crippen LogP contribution is -2.16. The molecule has 0 unspecified atom stereocenters. The first-order valence-corrected chi connectivity index (χ1v) is 5.80. The van der Waals surface area contributed by atoms with Gasteiger partial charge in [0.05, 0.1) is 0 Å². The molecule has 0 atom stereocenters. The van der Waals surface area contributed by atoms with Gasteiger partial charge in [0, 0.05) is 5.69 Å². The van der Waals surface area contributed by atoms with Crippen LogP contribution in [0.5, 0.6) is 0 Å². The van der Waals surface area contributed by atoms with Gasteiger partial charge in [0.25, 0.3) is 0 Å². The summed E-state index contributed by atoms with van der Waals surface area (Å²) in [6, 6.07) is 1.63. The first-order chi connectivity index (χ1) is 8.58. The largest absolute Gasteiger partial charge is 0.409 e. The third-order valence-corrected chi connectivity index (χ3v) is 2.69. The number of H-pyrrole nitrogens is 1. The molecule has 0 aliphatic rings. The highest BCUT2D eigenvalue weighted by Crippen LogP contribution is 2.21. The average molecular weight is 265 g/mol. The molecule has 2 aromatic rings. The van der Waals surface area contributed by atoms with Crippen LogP contribution < -0.4 is 5.73 Å². The van der Waals surface area contributed by atoms with Gasteiger partial charge in [-0.25, -0.2) is 15.0 Å². The molecule has 0 amide bonds. The summed E-state index contributed by atoms with van der Waals surface area (Å²) in [6.45, 7) is 3.60. The van der Waals surface area contributed by atoms with Gasteiger partial charge in [0.2, 0.25) is 5.16 Å². The highest BCUT2D eigenvalue weighted by Gasteiger charge is 2.10. The first-order valence-electron chi connectivity index (χ1n) is 4.99. The summed E-state index contributed by atoms with van der Waals surface area (Å²) in [7, 11) is 0. The van der Waals surface area contributed by atoms with Gasteiger partial charge in [-0.05, 0) is 31.7 Å². The van der Waals surface area contributed by atoms with E-state index in [0.29, 0.717) is 27.5 Å². The Labute approximate surface area is 107 Å². The van der Waals surface area contributed by atoms with Gasteiger partial charge >= 0.3 is 0 Å². The zero-order valence-corrected chi connectivity index (χ0v) is 10.6. The zero-order chi connectivity index (χ0) is 13.1. The third kappa shape index (κ3) is 2.74. The van der Waals surface area contributed by atoms with Gasteiger partial charge in [-0.3, -0.25) is 5.10 Å². The van der Waals surface area contributed by atoms with E-state index in [4.69, 9.17) is 10.9 Å². The fraction of sp³-hybridized carbons (Fsp3) is 0.222. The van der Waals surface area contributed by atoms with Crippen LogP contribution in [0.1, 0.15) is 17.2 Å². The van der Waals surface area contributed by atoms with E-state index in [9.17, 15) is 0 Å². The van der Waals surface area contributed by atoms with E-state index in [-0.39, 0.29) is 5.84 Å². The Bertz CT molecular complexity index is 594. The van der Waals surface area contributed by atoms with Gasteiger partial charge in [0.1, 0.15) is 11.5 Å². The number of hydrogen-bond donors (Lipinski definition) is 3. The zero-order valence-electron chi connectivity index (χ0n) is 9.75. The minimum absolute atomic E-state index is 0.0616. The smallest absolute Gasteiger partial charge is 0.216 e. The van der Waals surface area contributed by atoms with Gasteiger partial charge in [-0.2, -0.15) is 0 Å². The Kier molecular flexibility index (Phi) is 3.42. The maximum absolute atomic E-state index is 8.63. The molecule has 8 nitrogen and oxygen atoms in total. The predicted molar refractivity (Wildman–Crippen MR) is 64.5 cm³/mol. The van der Waals surface area contributed by atoms with Crippen molar-refractivity contribution in [2.45, 2.75) is 24.2 Å². The van der Waals surface area contributed by atoms with Crippen LogP contribution in [-0.4, -0.2) is 36.2 Å². The monoisotopic (exact) mass is 265 g/mol. The quantitative estimate of drug-likeness (QED) is 0.242. The van der Waals surface area contributed by atoms with Crippen LogP contribution in [0.4, 0.5) is 0 Å². The Hall–Kier alpha value is -2.16. The summed E-state index contributed by atoms with van der Waals surface area (Å²) < 4.78 is 0. The van der Waals surface area contributed by atoms with Crippen molar-refractivity contribution in [1.82, 2.24) is 25.1 Å². The Morgan fingerprint density at radius 2 is 2.11 bits per heavy atom. The molecule has 0 aliphatic heterocycles. The maximum atomic E-state index is 8.63. The molecule has 0 radical (unpaired) electrons. The summed E-state index contributed by atoms with van der Waals surface area (Å²) in [4.78, 5) is 12.5. The Morgan fingerprint density at radius 1 is 1.33 bits per heavy atom. The van der Waals surface area contributed by atoms with E-state index in [1.165, 1.54) is 11.8 Å². The molecule has 4 N–H and O–H groups in total. The molecule has 94 valence electrons. The highest BCUT2D eigenvalue weighted by molar-refractivity contribution is 7.99. The summed E-state index contributed by atoms with van der Waals surface area (Å²) in [6.07, 6.45) is 0. The fourth-order valence-corrected chi connectivity index (χ4v) is 1.99. The molecule has 2 aromatic heterocycles. The minimum atomic E-state index is -0.0616. The predicted octanol–water partition coefficient (Wildman–Crippen LogP) is 0.457. The third-order valence-electron chi connectivity index (χ3n) is 1.96. The summed E-state index contributed by atoms with van der Waals surface area (Å²) in [5, 5.41) is 19.2. The lowest BCUT2D eigenvalue weighted by atomic mass is 10.3. The van der Waals surface area contributed by atoms with Gasteiger partial charge in [-0.15, -0.1) is 5.10 Å².